The van der Waals surface area contributed by atoms with E-state index in [0.29, 0.717) is 12.3 Å². The Bertz CT molecular complexity index is 101. The summed E-state index contributed by atoms with van der Waals surface area (Å²) in [6, 6.07) is 0. The van der Waals surface area contributed by atoms with Crippen LogP contribution in [-0.2, 0) is 0 Å². The minimum atomic E-state index is -0.568. The molecule has 2 atom stereocenters. The molecule has 0 radical (unpaired) electrons. The van der Waals surface area contributed by atoms with Crippen LogP contribution in [0.25, 0.3) is 0 Å². The van der Waals surface area contributed by atoms with E-state index in [4.69, 9.17) is 0 Å². The van der Waals surface area contributed by atoms with Crippen LogP contribution in [0.4, 0.5) is 4.39 Å². The van der Waals surface area contributed by atoms with E-state index in [-0.39, 0.29) is 0 Å². The van der Waals surface area contributed by atoms with Crippen molar-refractivity contribution in [1.29, 1.82) is 0 Å². The minimum Gasteiger partial charge on any atom is -0.247 e. The van der Waals surface area contributed by atoms with E-state index < -0.39 is 6.17 Å². The van der Waals surface area contributed by atoms with E-state index in [1.807, 2.05) is 6.92 Å². The van der Waals surface area contributed by atoms with Gasteiger partial charge in [0.05, 0.1) is 0 Å². The molecule has 13 heavy (non-hydrogen) atoms. The summed E-state index contributed by atoms with van der Waals surface area (Å²) in [4.78, 5) is 0. The topological polar surface area (TPSA) is 0 Å². The lowest BCUT2D eigenvalue weighted by molar-refractivity contribution is 0.259. The maximum absolute atomic E-state index is 13.0. The van der Waals surface area contributed by atoms with E-state index in [1.165, 1.54) is 32.1 Å². The zero-order valence-corrected chi connectivity index (χ0v) is 9.48. The predicted octanol–water partition coefficient (Wildman–Crippen LogP) is 4.73. The first kappa shape index (κ1) is 12.9. The van der Waals surface area contributed by atoms with Crippen LogP contribution in [0.1, 0.15) is 65.7 Å². The molecule has 0 bridgehead atoms. The minimum absolute atomic E-state index is 0.568. The first-order valence-electron chi connectivity index (χ1n) is 5.84. The molecule has 0 N–H and O–H groups in total. The van der Waals surface area contributed by atoms with Crippen molar-refractivity contribution >= 4 is 0 Å². The summed E-state index contributed by atoms with van der Waals surface area (Å²) in [5, 5.41) is 0. The van der Waals surface area contributed by atoms with Gasteiger partial charge in [-0.15, -0.1) is 0 Å². The van der Waals surface area contributed by atoms with Crippen LogP contribution in [0.2, 0.25) is 0 Å². The summed E-state index contributed by atoms with van der Waals surface area (Å²) >= 11 is 0. The Morgan fingerprint density at radius 2 is 1.77 bits per heavy atom. The molecule has 0 aliphatic rings. The highest BCUT2D eigenvalue weighted by atomic mass is 19.1. The van der Waals surface area contributed by atoms with Crippen molar-refractivity contribution in [3.05, 3.63) is 0 Å². The highest BCUT2D eigenvalue weighted by Gasteiger charge is 2.09. The fourth-order valence-electron chi connectivity index (χ4n) is 1.64. The van der Waals surface area contributed by atoms with Gasteiger partial charge in [-0.1, -0.05) is 52.9 Å². The number of halogens is 1. The molecule has 0 saturated carbocycles. The molecule has 0 rings (SSSR count). The lowest BCUT2D eigenvalue weighted by Gasteiger charge is -2.12. The summed E-state index contributed by atoms with van der Waals surface area (Å²) in [7, 11) is 0. The van der Waals surface area contributed by atoms with Crippen molar-refractivity contribution in [2.24, 2.45) is 5.92 Å². The summed E-state index contributed by atoms with van der Waals surface area (Å²) in [5.41, 5.74) is 0. The van der Waals surface area contributed by atoms with Crippen LogP contribution in [-0.4, -0.2) is 6.17 Å². The molecule has 0 aliphatic heterocycles. The van der Waals surface area contributed by atoms with E-state index in [2.05, 4.69) is 13.8 Å². The molecule has 0 aromatic carbocycles. The SMILES string of the molecule is CCCCCCC(C)CC(F)CC. The summed E-state index contributed by atoms with van der Waals surface area (Å²) in [5.74, 6) is 0.576. The molecule has 0 aromatic rings. The fourth-order valence-corrected chi connectivity index (χ4v) is 1.64. The third-order valence-electron chi connectivity index (χ3n) is 2.65. The van der Waals surface area contributed by atoms with Gasteiger partial charge in [0.1, 0.15) is 6.17 Å². The average Bonchev–Trinajstić information content (AvgIpc) is 2.12. The van der Waals surface area contributed by atoms with Gasteiger partial charge < -0.3 is 0 Å². The van der Waals surface area contributed by atoms with Gasteiger partial charge in [0.25, 0.3) is 0 Å². The highest BCUT2D eigenvalue weighted by Crippen LogP contribution is 2.18. The van der Waals surface area contributed by atoms with Gasteiger partial charge in [-0.3, -0.25) is 0 Å². The molecule has 0 nitrogen and oxygen atoms in total. The molecule has 0 saturated heterocycles. The first-order chi connectivity index (χ1) is 6.20. The average molecular weight is 188 g/mol. The molecule has 0 amide bonds. The molecule has 0 aliphatic carbocycles. The van der Waals surface area contributed by atoms with Gasteiger partial charge in [-0.25, -0.2) is 4.39 Å². The molecule has 0 fully saturated rings. The zero-order valence-electron chi connectivity index (χ0n) is 9.48. The number of hydrogen-bond acceptors (Lipinski definition) is 0. The van der Waals surface area contributed by atoms with E-state index >= 15 is 0 Å². The van der Waals surface area contributed by atoms with Crippen LogP contribution < -0.4 is 0 Å². The van der Waals surface area contributed by atoms with Crippen molar-refractivity contribution in [2.45, 2.75) is 71.9 Å². The van der Waals surface area contributed by atoms with Gasteiger partial charge in [0.2, 0.25) is 0 Å². The zero-order chi connectivity index (χ0) is 10.1. The Morgan fingerprint density at radius 3 is 2.31 bits per heavy atom. The standard InChI is InChI=1S/C12H25F/c1-4-6-7-8-9-11(3)10-12(13)5-2/h11-12H,4-10H2,1-3H3. The molecule has 80 valence electrons. The second-order valence-corrected chi connectivity index (χ2v) is 4.20. The quantitative estimate of drug-likeness (QED) is 0.483. The summed E-state index contributed by atoms with van der Waals surface area (Å²) < 4.78 is 13.0. The normalized spacial score (nSPS) is 15.7. The van der Waals surface area contributed by atoms with Gasteiger partial charge in [-0.05, 0) is 18.8 Å². The van der Waals surface area contributed by atoms with Crippen LogP contribution in [0.5, 0.6) is 0 Å². The maximum Gasteiger partial charge on any atom is 0.100 e. The second kappa shape index (κ2) is 8.52. The molecule has 0 aromatic heterocycles. The van der Waals surface area contributed by atoms with Crippen molar-refractivity contribution in [3.8, 4) is 0 Å². The van der Waals surface area contributed by atoms with Crippen molar-refractivity contribution in [2.75, 3.05) is 0 Å². The van der Waals surface area contributed by atoms with Crippen molar-refractivity contribution in [1.82, 2.24) is 0 Å². The monoisotopic (exact) mass is 188 g/mol. The largest absolute Gasteiger partial charge is 0.247 e. The Balaban J connectivity index is 3.24. The maximum atomic E-state index is 13.0. The van der Waals surface area contributed by atoms with Crippen LogP contribution in [0.15, 0.2) is 0 Å². The Labute approximate surface area is 82.9 Å². The van der Waals surface area contributed by atoms with Gasteiger partial charge >= 0.3 is 0 Å². The Kier molecular flexibility index (Phi) is 8.48. The molecular formula is C12H25F. The van der Waals surface area contributed by atoms with Gasteiger partial charge in [0.15, 0.2) is 0 Å². The van der Waals surface area contributed by atoms with Crippen molar-refractivity contribution in [3.63, 3.8) is 0 Å². The summed E-state index contributed by atoms with van der Waals surface area (Å²) in [6.07, 6.45) is 7.31. The Morgan fingerprint density at radius 1 is 1.08 bits per heavy atom. The molecule has 0 spiro atoms. The number of alkyl halides is 1. The molecule has 1 heteroatoms. The third-order valence-corrected chi connectivity index (χ3v) is 2.65. The lowest BCUT2D eigenvalue weighted by Crippen LogP contribution is -2.05. The number of rotatable bonds is 8. The smallest absolute Gasteiger partial charge is 0.100 e. The number of unbranched alkanes of at least 4 members (excludes halogenated alkanes) is 3. The molecule has 0 heterocycles. The third kappa shape index (κ3) is 8.27. The van der Waals surface area contributed by atoms with Crippen LogP contribution in [0, 0.1) is 5.92 Å². The van der Waals surface area contributed by atoms with E-state index in [9.17, 15) is 4.39 Å². The molecular weight excluding hydrogens is 163 g/mol. The highest BCUT2D eigenvalue weighted by molar-refractivity contribution is 4.60. The lowest BCUT2D eigenvalue weighted by atomic mass is 9.96. The van der Waals surface area contributed by atoms with Gasteiger partial charge in [-0.2, -0.15) is 0 Å². The van der Waals surface area contributed by atoms with Gasteiger partial charge in [0, 0.05) is 0 Å². The van der Waals surface area contributed by atoms with E-state index in [1.54, 1.807) is 0 Å². The molecule has 2 unspecified atom stereocenters. The van der Waals surface area contributed by atoms with E-state index in [0.717, 1.165) is 6.42 Å². The second-order valence-electron chi connectivity index (χ2n) is 4.20. The number of hydrogen-bond donors (Lipinski definition) is 0. The fraction of sp³-hybridized carbons (Fsp3) is 1.00. The Hall–Kier alpha value is -0.0700. The van der Waals surface area contributed by atoms with Crippen LogP contribution in [0.3, 0.4) is 0 Å². The first-order valence-corrected chi connectivity index (χ1v) is 5.84. The predicted molar refractivity (Wildman–Crippen MR) is 57.7 cm³/mol. The van der Waals surface area contributed by atoms with Crippen LogP contribution >= 0.6 is 0 Å². The summed E-state index contributed by atoms with van der Waals surface area (Å²) in [6.45, 7) is 6.32. The van der Waals surface area contributed by atoms with Crippen molar-refractivity contribution < 1.29 is 4.39 Å².